The van der Waals surface area contributed by atoms with Crippen LogP contribution in [0.3, 0.4) is 0 Å². The zero-order valence-corrected chi connectivity index (χ0v) is 8.95. The summed E-state index contributed by atoms with van der Waals surface area (Å²) in [6, 6.07) is 0. The maximum absolute atomic E-state index is 11.1. The van der Waals surface area contributed by atoms with Crippen LogP contribution < -0.4 is 0 Å². The number of hydrogen-bond acceptors (Lipinski definition) is 5. The third-order valence-electron chi connectivity index (χ3n) is 1.43. The number of hydrogen-bond donors (Lipinski definition) is 1. The number of carbonyl (C=O) groups excluding carboxylic acids is 2. The van der Waals surface area contributed by atoms with Gasteiger partial charge in [0.05, 0.1) is 5.75 Å². The van der Waals surface area contributed by atoms with E-state index in [9.17, 15) is 9.59 Å². The third kappa shape index (κ3) is 2.73. The van der Waals surface area contributed by atoms with Gasteiger partial charge in [0.25, 0.3) is 0 Å². The van der Waals surface area contributed by atoms with Crippen molar-refractivity contribution in [3.63, 3.8) is 0 Å². The Bertz CT molecular complexity index is 285. The van der Waals surface area contributed by atoms with Gasteiger partial charge in [0.2, 0.25) is 10.3 Å². The molecule has 6 heteroatoms. The molecule has 0 bridgehead atoms. The van der Waals surface area contributed by atoms with Crippen molar-refractivity contribution in [3.05, 3.63) is 0 Å². The van der Waals surface area contributed by atoms with Crippen molar-refractivity contribution < 1.29 is 14.3 Å². The van der Waals surface area contributed by atoms with Gasteiger partial charge in [-0.05, 0) is 13.8 Å². The summed E-state index contributed by atoms with van der Waals surface area (Å²) in [6.07, 6.45) is 0. The van der Waals surface area contributed by atoms with Crippen LogP contribution in [0.4, 0.5) is 4.79 Å². The molecule has 0 aliphatic carbocycles. The van der Waals surface area contributed by atoms with E-state index in [1.165, 1.54) is 0 Å². The maximum Gasteiger partial charge on any atom is 0.340 e. The van der Waals surface area contributed by atoms with E-state index in [-0.39, 0.29) is 16.2 Å². The highest BCUT2D eigenvalue weighted by atomic mass is 32.2. The highest BCUT2D eigenvalue weighted by Crippen LogP contribution is 2.21. The lowest BCUT2D eigenvalue weighted by Gasteiger charge is -2.05. The van der Waals surface area contributed by atoms with Crippen molar-refractivity contribution in [2.24, 2.45) is 4.99 Å². The molecule has 0 fully saturated rings. The summed E-state index contributed by atoms with van der Waals surface area (Å²) in [5, 5.41) is 0. The monoisotopic (exact) mass is 219 g/mol. The molecule has 0 spiro atoms. The molecule has 0 aromatic rings. The Labute approximate surface area is 85.5 Å². The minimum atomic E-state index is -0.810. The van der Waals surface area contributed by atoms with Crippen LogP contribution in [0.2, 0.25) is 0 Å². The first-order valence-corrected chi connectivity index (χ1v) is 5.02. The predicted octanol–water partition coefficient (Wildman–Crippen LogP) is 1.50. The topological polar surface area (TPSA) is 55.7 Å². The van der Waals surface area contributed by atoms with E-state index < -0.39 is 5.54 Å². The van der Waals surface area contributed by atoms with Crippen LogP contribution in [0.5, 0.6) is 0 Å². The van der Waals surface area contributed by atoms with E-state index in [4.69, 9.17) is 4.74 Å². The Hall–Kier alpha value is -0.490. The van der Waals surface area contributed by atoms with Crippen molar-refractivity contribution in [2.45, 2.75) is 19.4 Å². The van der Waals surface area contributed by atoms with Crippen LogP contribution in [-0.2, 0) is 9.53 Å². The summed E-state index contributed by atoms with van der Waals surface area (Å²) < 4.78 is 4.51. The Morgan fingerprint density at radius 1 is 1.69 bits per heavy atom. The fraction of sp³-hybridized carbons (Fsp3) is 0.571. The van der Waals surface area contributed by atoms with Gasteiger partial charge in [0.15, 0.2) is 5.54 Å². The normalized spacial score (nSPS) is 19.6. The number of ether oxygens (including phenoxy) is 1. The first-order valence-electron chi connectivity index (χ1n) is 3.58. The zero-order valence-electron chi connectivity index (χ0n) is 7.23. The zero-order chi connectivity index (χ0) is 10.1. The van der Waals surface area contributed by atoms with Crippen molar-refractivity contribution >= 4 is 40.7 Å². The summed E-state index contributed by atoms with van der Waals surface area (Å²) in [5.74, 6) is 0.175. The Balaban J connectivity index is 2.55. The van der Waals surface area contributed by atoms with Crippen LogP contribution >= 0.6 is 24.4 Å². The van der Waals surface area contributed by atoms with E-state index in [0.717, 1.165) is 11.8 Å². The van der Waals surface area contributed by atoms with E-state index in [2.05, 4.69) is 17.6 Å². The molecule has 1 heterocycles. The number of cyclic esters (lactones) is 1. The largest absolute Gasteiger partial charge is 0.409 e. The summed E-state index contributed by atoms with van der Waals surface area (Å²) in [6.45, 7) is 3.32. The molecule has 1 aliphatic heterocycles. The van der Waals surface area contributed by atoms with Crippen molar-refractivity contribution in [1.29, 1.82) is 0 Å². The van der Waals surface area contributed by atoms with Gasteiger partial charge in [0.1, 0.15) is 0 Å². The number of nitrogens with zero attached hydrogens (tertiary/aromatic N) is 1. The first kappa shape index (κ1) is 10.6. The van der Waals surface area contributed by atoms with Gasteiger partial charge in [0, 0.05) is 0 Å². The van der Waals surface area contributed by atoms with Gasteiger partial charge in [-0.2, -0.15) is 0 Å². The molecular weight excluding hydrogens is 210 g/mol. The molecule has 0 unspecified atom stereocenters. The second-order valence-corrected chi connectivity index (χ2v) is 4.67. The third-order valence-corrected chi connectivity index (χ3v) is 2.46. The van der Waals surface area contributed by atoms with Crippen LogP contribution in [-0.4, -0.2) is 27.6 Å². The van der Waals surface area contributed by atoms with Gasteiger partial charge in [-0.1, -0.05) is 24.4 Å². The quantitative estimate of drug-likeness (QED) is 0.565. The minimum Gasteiger partial charge on any atom is -0.409 e. The molecule has 72 valence electrons. The molecule has 1 aliphatic rings. The van der Waals surface area contributed by atoms with Crippen LogP contribution in [0.15, 0.2) is 4.99 Å². The molecule has 0 saturated carbocycles. The molecule has 0 amide bonds. The van der Waals surface area contributed by atoms with Crippen LogP contribution in [0.1, 0.15) is 13.8 Å². The Morgan fingerprint density at radius 2 is 2.31 bits per heavy atom. The van der Waals surface area contributed by atoms with E-state index in [0.29, 0.717) is 5.90 Å². The number of esters is 1. The van der Waals surface area contributed by atoms with Gasteiger partial charge in [-0.15, -0.1) is 0 Å². The summed E-state index contributed by atoms with van der Waals surface area (Å²) in [4.78, 5) is 25.6. The summed E-state index contributed by atoms with van der Waals surface area (Å²) in [7, 11) is 0. The second-order valence-electron chi connectivity index (χ2n) is 3.01. The first-order chi connectivity index (χ1) is 5.92. The van der Waals surface area contributed by atoms with Gasteiger partial charge in [-0.25, -0.2) is 9.79 Å². The highest BCUT2D eigenvalue weighted by Gasteiger charge is 2.36. The van der Waals surface area contributed by atoms with E-state index in [1.807, 2.05) is 0 Å². The lowest BCUT2D eigenvalue weighted by Crippen LogP contribution is -2.25. The lowest BCUT2D eigenvalue weighted by molar-refractivity contribution is -0.137. The number of carbonyl (C=O) groups is 2. The predicted molar refractivity (Wildman–Crippen MR) is 54.4 cm³/mol. The van der Waals surface area contributed by atoms with Gasteiger partial charge >= 0.3 is 5.97 Å². The smallest absolute Gasteiger partial charge is 0.340 e. The average Bonchev–Trinajstić information content (AvgIpc) is 2.22. The average molecular weight is 219 g/mol. The van der Waals surface area contributed by atoms with Gasteiger partial charge < -0.3 is 4.74 Å². The van der Waals surface area contributed by atoms with Crippen LogP contribution in [0, 0.1) is 0 Å². The van der Waals surface area contributed by atoms with Crippen molar-refractivity contribution in [1.82, 2.24) is 0 Å². The standard InChI is InChI=1S/C7H9NO3S2/c1-7(2)5(9)11-4(8-7)3-13-6(10)12/h3H2,1-2H3,(H,10,12). The number of thioether (sulfide) groups is 1. The van der Waals surface area contributed by atoms with Gasteiger partial charge in [-0.3, -0.25) is 4.79 Å². The Morgan fingerprint density at radius 3 is 2.69 bits per heavy atom. The number of thiol groups is 1. The molecule has 13 heavy (non-hydrogen) atoms. The summed E-state index contributed by atoms with van der Waals surface area (Å²) >= 11 is 4.51. The highest BCUT2D eigenvalue weighted by molar-refractivity contribution is 8.32. The fourth-order valence-electron chi connectivity index (χ4n) is 0.797. The molecule has 0 saturated heterocycles. The SMILES string of the molecule is CC1(C)N=C(CSC(=O)S)OC1=O. The van der Waals surface area contributed by atoms with Crippen molar-refractivity contribution in [3.8, 4) is 0 Å². The fourth-order valence-corrected chi connectivity index (χ4v) is 1.36. The molecule has 1 rings (SSSR count). The minimum absolute atomic E-state index is 0.261. The van der Waals surface area contributed by atoms with E-state index >= 15 is 0 Å². The molecule has 0 atom stereocenters. The van der Waals surface area contributed by atoms with Crippen LogP contribution in [0.25, 0.3) is 0 Å². The molecule has 4 nitrogen and oxygen atoms in total. The second kappa shape index (κ2) is 3.71. The summed E-state index contributed by atoms with van der Waals surface area (Å²) in [5.41, 5.74) is -0.810. The number of aliphatic imine (C=N–C) groups is 1. The lowest BCUT2D eigenvalue weighted by atomic mass is 10.1. The maximum atomic E-state index is 11.1. The molecule has 0 aromatic carbocycles. The molecule has 0 N–H and O–H groups in total. The molecular formula is C7H9NO3S2. The number of rotatable bonds is 2. The van der Waals surface area contributed by atoms with Crippen molar-refractivity contribution in [2.75, 3.05) is 5.75 Å². The molecule has 0 aromatic heterocycles. The molecule has 0 radical (unpaired) electrons. The Kier molecular flexibility index (Phi) is 3.02. The van der Waals surface area contributed by atoms with E-state index in [1.54, 1.807) is 13.8 Å².